The van der Waals surface area contributed by atoms with E-state index in [9.17, 15) is 5.11 Å². The van der Waals surface area contributed by atoms with Crippen LogP contribution < -0.4 is 0 Å². The van der Waals surface area contributed by atoms with E-state index in [1.807, 2.05) is 36.4 Å². The molecule has 2 aromatic carbocycles. The predicted octanol–water partition coefficient (Wildman–Crippen LogP) is 3.24. The average Bonchev–Trinajstić information content (AvgIpc) is 3.06. The first kappa shape index (κ1) is 13.6. The lowest BCUT2D eigenvalue weighted by atomic mass is 10.0. The molecule has 0 amide bonds. The van der Waals surface area contributed by atoms with Crippen molar-refractivity contribution in [3.8, 4) is 0 Å². The van der Waals surface area contributed by atoms with E-state index in [1.54, 1.807) is 11.8 Å². The molecule has 0 bridgehead atoms. The SMILES string of the molecule is OC1(c2ccccc2)CSC2=Nc3ccccc3C3CCN1N23. The highest BCUT2D eigenvalue weighted by Gasteiger charge is 2.52. The molecule has 23 heavy (non-hydrogen) atoms. The van der Waals surface area contributed by atoms with Crippen molar-refractivity contribution >= 4 is 22.6 Å². The minimum atomic E-state index is -0.966. The minimum Gasteiger partial charge on any atom is -0.369 e. The molecule has 4 nitrogen and oxygen atoms in total. The van der Waals surface area contributed by atoms with Gasteiger partial charge in [0, 0.05) is 23.4 Å². The summed E-state index contributed by atoms with van der Waals surface area (Å²) in [5.74, 6) is 0.598. The van der Waals surface area contributed by atoms with Gasteiger partial charge in [-0.05, 0) is 12.5 Å². The van der Waals surface area contributed by atoms with Gasteiger partial charge in [-0.25, -0.2) is 4.99 Å². The Morgan fingerprint density at radius 1 is 1.09 bits per heavy atom. The molecule has 3 aliphatic heterocycles. The molecule has 3 heterocycles. The van der Waals surface area contributed by atoms with Gasteiger partial charge in [0.2, 0.25) is 0 Å². The van der Waals surface area contributed by atoms with Crippen molar-refractivity contribution in [2.24, 2.45) is 4.99 Å². The van der Waals surface area contributed by atoms with E-state index in [0.29, 0.717) is 5.75 Å². The Morgan fingerprint density at radius 2 is 1.87 bits per heavy atom. The van der Waals surface area contributed by atoms with Crippen molar-refractivity contribution in [1.82, 2.24) is 10.0 Å². The number of fused-ring (bicyclic) bond motifs is 2. The third-order valence-corrected chi connectivity index (χ3v) is 6.03. The van der Waals surface area contributed by atoms with Crippen LogP contribution >= 0.6 is 11.8 Å². The highest BCUT2D eigenvalue weighted by atomic mass is 32.2. The monoisotopic (exact) mass is 323 g/mol. The summed E-state index contributed by atoms with van der Waals surface area (Å²) >= 11 is 1.64. The molecule has 2 unspecified atom stereocenters. The molecule has 5 heteroatoms. The molecule has 0 aromatic heterocycles. The molecule has 0 spiro atoms. The number of aliphatic hydroxyl groups is 1. The summed E-state index contributed by atoms with van der Waals surface area (Å²) in [6.07, 6.45) is 1.01. The number of nitrogens with zero attached hydrogens (tertiary/aromatic N) is 3. The normalized spacial score (nSPS) is 29.0. The van der Waals surface area contributed by atoms with E-state index in [0.717, 1.165) is 29.4 Å². The van der Waals surface area contributed by atoms with Crippen LogP contribution in [0.25, 0.3) is 0 Å². The zero-order chi connectivity index (χ0) is 15.4. The van der Waals surface area contributed by atoms with Crippen molar-refractivity contribution in [1.29, 1.82) is 0 Å². The zero-order valence-corrected chi connectivity index (χ0v) is 13.4. The Bertz CT molecular complexity index is 794. The number of hydrazine groups is 1. The molecule has 116 valence electrons. The fourth-order valence-corrected chi connectivity index (χ4v) is 5.00. The Kier molecular flexibility index (Phi) is 2.86. The third-order valence-electron chi connectivity index (χ3n) is 4.94. The number of thioether (sulfide) groups is 1. The minimum absolute atomic E-state index is 0.279. The van der Waals surface area contributed by atoms with Gasteiger partial charge in [-0.1, -0.05) is 60.3 Å². The summed E-state index contributed by atoms with van der Waals surface area (Å²) in [4.78, 5) is 4.82. The van der Waals surface area contributed by atoms with E-state index in [2.05, 4.69) is 28.2 Å². The lowest BCUT2D eigenvalue weighted by Crippen LogP contribution is -2.59. The lowest BCUT2D eigenvalue weighted by Gasteiger charge is -2.49. The fourth-order valence-electron chi connectivity index (χ4n) is 3.83. The molecule has 2 atom stereocenters. The van der Waals surface area contributed by atoms with E-state index in [-0.39, 0.29) is 6.04 Å². The average molecular weight is 323 g/mol. The van der Waals surface area contributed by atoms with Gasteiger partial charge in [-0.15, -0.1) is 0 Å². The Labute approximate surface area is 139 Å². The van der Waals surface area contributed by atoms with Gasteiger partial charge >= 0.3 is 0 Å². The van der Waals surface area contributed by atoms with Gasteiger partial charge in [0.15, 0.2) is 10.9 Å². The van der Waals surface area contributed by atoms with Gasteiger partial charge in [0.05, 0.1) is 11.7 Å². The predicted molar refractivity (Wildman–Crippen MR) is 92.2 cm³/mol. The molecule has 0 radical (unpaired) electrons. The quantitative estimate of drug-likeness (QED) is 0.874. The van der Waals surface area contributed by atoms with Crippen LogP contribution in [0, 0.1) is 0 Å². The molecule has 0 aliphatic carbocycles. The van der Waals surface area contributed by atoms with E-state index < -0.39 is 5.72 Å². The van der Waals surface area contributed by atoms with Crippen molar-refractivity contribution < 1.29 is 5.11 Å². The summed E-state index contributed by atoms with van der Waals surface area (Å²) in [7, 11) is 0. The molecule has 0 saturated carbocycles. The second-order valence-corrected chi connectivity index (χ2v) is 7.14. The van der Waals surface area contributed by atoms with E-state index >= 15 is 0 Å². The van der Waals surface area contributed by atoms with Gasteiger partial charge in [0.1, 0.15) is 0 Å². The summed E-state index contributed by atoms with van der Waals surface area (Å²) in [6.45, 7) is 0.837. The molecule has 2 fully saturated rings. The maximum atomic E-state index is 11.4. The summed E-state index contributed by atoms with van der Waals surface area (Å²) in [6, 6.07) is 18.6. The van der Waals surface area contributed by atoms with Crippen molar-refractivity contribution in [3.63, 3.8) is 0 Å². The first-order valence-electron chi connectivity index (χ1n) is 7.92. The molecular formula is C18H17N3OS. The summed E-state index contributed by atoms with van der Waals surface area (Å²) < 4.78 is 0. The van der Waals surface area contributed by atoms with Crippen LogP contribution in [0.15, 0.2) is 59.6 Å². The number of para-hydroxylation sites is 1. The Balaban J connectivity index is 1.62. The second kappa shape index (κ2) is 4.84. The number of hydrogen-bond acceptors (Lipinski definition) is 5. The molecule has 3 aliphatic rings. The van der Waals surface area contributed by atoms with Gasteiger partial charge in [-0.3, -0.25) is 5.01 Å². The molecule has 5 rings (SSSR count). The van der Waals surface area contributed by atoms with Crippen LogP contribution in [-0.4, -0.2) is 32.6 Å². The number of amidine groups is 1. The van der Waals surface area contributed by atoms with Gasteiger partial charge in [0.25, 0.3) is 0 Å². The van der Waals surface area contributed by atoms with Crippen LogP contribution in [0.4, 0.5) is 5.69 Å². The maximum absolute atomic E-state index is 11.4. The highest BCUT2D eigenvalue weighted by molar-refractivity contribution is 8.13. The Morgan fingerprint density at radius 3 is 2.74 bits per heavy atom. The lowest BCUT2D eigenvalue weighted by molar-refractivity contribution is -0.168. The second-order valence-electron chi connectivity index (χ2n) is 6.20. The summed E-state index contributed by atoms with van der Waals surface area (Å²) in [5.41, 5.74) is 2.32. The van der Waals surface area contributed by atoms with Crippen LogP contribution in [-0.2, 0) is 5.72 Å². The van der Waals surface area contributed by atoms with Crippen LogP contribution in [0.5, 0.6) is 0 Å². The van der Waals surface area contributed by atoms with Crippen molar-refractivity contribution in [3.05, 3.63) is 65.7 Å². The van der Waals surface area contributed by atoms with Gasteiger partial charge < -0.3 is 5.11 Å². The largest absolute Gasteiger partial charge is 0.369 e. The third kappa shape index (κ3) is 1.84. The summed E-state index contributed by atoms with van der Waals surface area (Å²) in [5, 5.41) is 16.8. The number of benzene rings is 2. The van der Waals surface area contributed by atoms with E-state index in [4.69, 9.17) is 4.99 Å². The standard InChI is InChI=1S/C18H17N3OS/c22-18(13-6-2-1-3-7-13)12-23-17-19-15-9-5-4-8-14(15)16-10-11-20(18)21(16)17/h1-9,16,22H,10-12H2. The zero-order valence-electron chi connectivity index (χ0n) is 12.6. The fraction of sp³-hybridized carbons (Fsp3) is 0.278. The molecular weight excluding hydrogens is 306 g/mol. The molecule has 2 aromatic rings. The van der Waals surface area contributed by atoms with Gasteiger partial charge in [-0.2, -0.15) is 5.01 Å². The van der Waals surface area contributed by atoms with Crippen molar-refractivity contribution in [2.75, 3.05) is 12.3 Å². The topological polar surface area (TPSA) is 39.1 Å². The Hall–Kier alpha value is -1.82. The van der Waals surface area contributed by atoms with E-state index in [1.165, 1.54) is 5.56 Å². The first-order chi connectivity index (χ1) is 11.3. The highest BCUT2D eigenvalue weighted by Crippen LogP contribution is 2.50. The number of hydrogen-bond donors (Lipinski definition) is 1. The molecule has 1 N–H and O–H groups in total. The number of aliphatic imine (C=N–C) groups is 1. The van der Waals surface area contributed by atoms with Crippen LogP contribution in [0.1, 0.15) is 23.6 Å². The number of rotatable bonds is 1. The maximum Gasteiger partial charge on any atom is 0.179 e. The van der Waals surface area contributed by atoms with Crippen LogP contribution in [0.3, 0.4) is 0 Å². The van der Waals surface area contributed by atoms with Crippen LogP contribution in [0.2, 0.25) is 0 Å². The molecule has 2 saturated heterocycles. The van der Waals surface area contributed by atoms with Crippen molar-refractivity contribution in [2.45, 2.75) is 18.2 Å². The smallest absolute Gasteiger partial charge is 0.179 e. The first-order valence-corrected chi connectivity index (χ1v) is 8.91.